The molecule has 0 spiro atoms. The van der Waals surface area contributed by atoms with Gasteiger partial charge in [-0.05, 0) is 73.3 Å². The Hall–Kier alpha value is -4.53. The normalized spacial score (nSPS) is 17.5. The third-order valence-corrected chi connectivity index (χ3v) is 8.22. The second-order valence-electron chi connectivity index (χ2n) is 9.80. The van der Waals surface area contributed by atoms with E-state index in [0.717, 1.165) is 43.0 Å². The van der Waals surface area contributed by atoms with E-state index in [1.807, 2.05) is 24.3 Å². The first kappa shape index (κ1) is 26.7. The van der Waals surface area contributed by atoms with Crippen LogP contribution in [0.5, 0.6) is 11.8 Å². The van der Waals surface area contributed by atoms with Crippen LogP contribution in [0.25, 0.3) is 11.4 Å². The number of nitriles is 1. The number of hydrogen-bond acceptors (Lipinski definition) is 9. The van der Waals surface area contributed by atoms with Crippen LogP contribution in [0.4, 0.5) is 16.0 Å². The Morgan fingerprint density at radius 1 is 0.927 bits per heavy atom. The monoisotopic (exact) mass is 567 g/mol. The van der Waals surface area contributed by atoms with Crippen molar-refractivity contribution in [3.8, 4) is 29.2 Å². The zero-order chi connectivity index (χ0) is 28.3. The third-order valence-electron chi connectivity index (χ3n) is 7.01. The van der Waals surface area contributed by atoms with Gasteiger partial charge in [0.2, 0.25) is 11.9 Å². The van der Waals surface area contributed by atoms with Crippen molar-refractivity contribution in [3.05, 3.63) is 89.7 Å². The number of aromatic nitrogens is 3. The lowest BCUT2D eigenvalue weighted by Gasteiger charge is -2.32. The van der Waals surface area contributed by atoms with Gasteiger partial charge in [0.1, 0.15) is 16.9 Å². The number of carbonyl (C=O) groups excluding carboxylic acids is 1. The molecule has 206 valence electrons. The maximum Gasteiger partial charge on any atom is 0.327 e. The lowest BCUT2D eigenvalue weighted by Crippen LogP contribution is -2.45. The summed E-state index contributed by atoms with van der Waals surface area (Å²) in [5.74, 6) is 1.52. The van der Waals surface area contributed by atoms with Crippen LogP contribution in [-0.2, 0) is 4.79 Å². The van der Waals surface area contributed by atoms with Crippen LogP contribution in [0.3, 0.4) is 0 Å². The first-order valence-electron chi connectivity index (χ1n) is 13.1. The van der Waals surface area contributed by atoms with E-state index in [9.17, 15) is 9.18 Å². The van der Waals surface area contributed by atoms with Crippen LogP contribution in [0.1, 0.15) is 16.5 Å². The standard InChI is InChI=1S/C30H26FN7O2S/c1-36-14-16-37(17-15-36)29-33-27(34-30(35-29)40-25-12-2-20(18-32)3-13-25)21-6-10-24(11-7-21)38-26(39)19-41-28(38)22-4-8-23(31)9-5-22/h2-13,28H,14-17,19H2,1H3. The fourth-order valence-electron chi connectivity index (χ4n) is 4.72. The van der Waals surface area contributed by atoms with E-state index in [-0.39, 0.29) is 23.1 Å². The highest BCUT2D eigenvalue weighted by atomic mass is 32.2. The van der Waals surface area contributed by atoms with Gasteiger partial charge in [-0.3, -0.25) is 9.69 Å². The Kier molecular flexibility index (Phi) is 7.50. The van der Waals surface area contributed by atoms with Crippen molar-refractivity contribution in [2.75, 3.05) is 48.8 Å². The van der Waals surface area contributed by atoms with Crippen molar-refractivity contribution in [1.82, 2.24) is 19.9 Å². The summed E-state index contributed by atoms with van der Waals surface area (Å²) in [6.45, 7) is 3.32. The summed E-state index contributed by atoms with van der Waals surface area (Å²) in [6, 6.07) is 22.8. The maximum absolute atomic E-state index is 13.5. The van der Waals surface area contributed by atoms with E-state index in [1.165, 1.54) is 23.9 Å². The van der Waals surface area contributed by atoms with E-state index >= 15 is 0 Å². The smallest absolute Gasteiger partial charge is 0.327 e. The Balaban J connectivity index is 1.30. The molecule has 1 atom stereocenters. The summed E-state index contributed by atoms with van der Waals surface area (Å²) in [7, 11) is 2.08. The van der Waals surface area contributed by atoms with Gasteiger partial charge in [0.15, 0.2) is 5.82 Å². The van der Waals surface area contributed by atoms with Gasteiger partial charge in [-0.1, -0.05) is 12.1 Å². The number of carbonyl (C=O) groups is 1. The van der Waals surface area contributed by atoms with Crippen molar-refractivity contribution in [1.29, 1.82) is 5.26 Å². The van der Waals surface area contributed by atoms with Crippen LogP contribution in [0.2, 0.25) is 0 Å². The molecular formula is C30H26FN7O2S. The van der Waals surface area contributed by atoms with Gasteiger partial charge in [-0.25, -0.2) is 4.39 Å². The van der Waals surface area contributed by atoms with E-state index in [0.29, 0.717) is 28.8 Å². The quantitative estimate of drug-likeness (QED) is 0.323. The predicted molar refractivity (Wildman–Crippen MR) is 155 cm³/mol. The minimum atomic E-state index is -0.310. The number of amides is 1. The molecule has 0 N–H and O–H groups in total. The molecule has 11 heteroatoms. The highest BCUT2D eigenvalue weighted by Crippen LogP contribution is 2.42. The fourth-order valence-corrected chi connectivity index (χ4v) is 5.90. The number of likely N-dealkylation sites (N-methyl/N-ethyl adjacent to an activating group) is 1. The number of hydrogen-bond donors (Lipinski definition) is 0. The Labute approximate surface area is 241 Å². The van der Waals surface area contributed by atoms with Crippen molar-refractivity contribution in [3.63, 3.8) is 0 Å². The van der Waals surface area contributed by atoms with Gasteiger partial charge in [-0.15, -0.1) is 11.8 Å². The Morgan fingerprint density at radius 2 is 1.63 bits per heavy atom. The molecule has 0 radical (unpaired) electrons. The number of ether oxygens (including phenoxy) is 1. The average Bonchev–Trinajstić information content (AvgIpc) is 3.39. The summed E-state index contributed by atoms with van der Waals surface area (Å²) in [4.78, 5) is 32.9. The molecule has 0 saturated carbocycles. The topological polar surface area (TPSA) is 98.5 Å². The number of benzene rings is 3. The molecule has 2 saturated heterocycles. The van der Waals surface area contributed by atoms with Crippen molar-refractivity contribution in [2.24, 2.45) is 0 Å². The minimum Gasteiger partial charge on any atom is -0.424 e. The van der Waals surface area contributed by atoms with Gasteiger partial charge >= 0.3 is 6.01 Å². The van der Waals surface area contributed by atoms with Crippen LogP contribution < -0.4 is 14.5 Å². The molecule has 1 unspecified atom stereocenters. The molecule has 9 nitrogen and oxygen atoms in total. The summed E-state index contributed by atoms with van der Waals surface area (Å²) in [5.41, 5.74) is 2.88. The first-order chi connectivity index (χ1) is 20.0. The molecule has 41 heavy (non-hydrogen) atoms. The summed E-state index contributed by atoms with van der Waals surface area (Å²) >= 11 is 1.51. The molecule has 4 aromatic rings. The molecule has 1 aromatic heterocycles. The molecule has 2 aliphatic heterocycles. The number of rotatable bonds is 6. The largest absolute Gasteiger partial charge is 0.424 e. The van der Waals surface area contributed by atoms with E-state index in [1.54, 1.807) is 41.3 Å². The third kappa shape index (κ3) is 5.84. The second kappa shape index (κ2) is 11.5. The minimum absolute atomic E-state index is 0.00677. The van der Waals surface area contributed by atoms with Crippen molar-refractivity contribution >= 4 is 29.3 Å². The maximum atomic E-state index is 13.5. The van der Waals surface area contributed by atoms with Crippen LogP contribution in [0, 0.1) is 17.1 Å². The second-order valence-corrected chi connectivity index (χ2v) is 10.9. The predicted octanol–water partition coefficient (Wildman–Crippen LogP) is 4.87. The van der Waals surface area contributed by atoms with Gasteiger partial charge in [-0.2, -0.15) is 20.2 Å². The number of nitrogens with zero attached hydrogens (tertiary/aromatic N) is 7. The molecule has 3 heterocycles. The number of thioether (sulfide) groups is 1. The lowest BCUT2D eigenvalue weighted by atomic mass is 10.1. The summed E-state index contributed by atoms with van der Waals surface area (Å²) in [5, 5.41) is 8.86. The molecule has 3 aromatic carbocycles. The molecule has 1 amide bonds. The SMILES string of the molecule is CN1CCN(c2nc(Oc3ccc(C#N)cc3)nc(-c3ccc(N4C(=O)CSC4c4ccc(F)cc4)cc3)n2)CC1. The van der Waals surface area contributed by atoms with Gasteiger partial charge in [0, 0.05) is 37.4 Å². The van der Waals surface area contributed by atoms with E-state index in [4.69, 9.17) is 15.0 Å². The zero-order valence-corrected chi connectivity index (χ0v) is 23.1. The van der Waals surface area contributed by atoms with Gasteiger partial charge in [0.05, 0.1) is 17.4 Å². The molecular weight excluding hydrogens is 541 g/mol. The first-order valence-corrected chi connectivity index (χ1v) is 14.2. The Bertz CT molecular complexity index is 1590. The number of piperazine rings is 1. The molecule has 2 fully saturated rings. The van der Waals surface area contributed by atoms with Crippen molar-refractivity contribution < 1.29 is 13.9 Å². The molecule has 2 aliphatic rings. The average molecular weight is 568 g/mol. The molecule has 6 rings (SSSR count). The van der Waals surface area contributed by atoms with Gasteiger partial charge in [0.25, 0.3) is 0 Å². The summed E-state index contributed by atoms with van der Waals surface area (Å²) < 4.78 is 19.5. The zero-order valence-electron chi connectivity index (χ0n) is 22.3. The number of anilines is 2. The van der Waals surface area contributed by atoms with E-state index in [2.05, 4.69) is 32.9 Å². The molecule has 0 aliphatic carbocycles. The number of halogens is 1. The fraction of sp³-hybridized carbons (Fsp3) is 0.233. The highest BCUT2D eigenvalue weighted by molar-refractivity contribution is 8.00. The van der Waals surface area contributed by atoms with Crippen LogP contribution in [0.15, 0.2) is 72.8 Å². The lowest BCUT2D eigenvalue weighted by molar-refractivity contribution is -0.115. The van der Waals surface area contributed by atoms with Gasteiger partial charge < -0.3 is 14.5 Å². The highest BCUT2D eigenvalue weighted by Gasteiger charge is 2.34. The Morgan fingerprint density at radius 3 is 2.32 bits per heavy atom. The molecule has 0 bridgehead atoms. The summed E-state index contributed by atoms with van der Waals surface area (Å²) in [6.07, 6.45) is 0. The van der Waals surface area contributed by atoms with E-state index < -0.39 is 0 Å². The van der Waals surface area contributed by atoms with Crippen molar-refractivity contribution in [2.45, 2.75) is 5.37 Å². The van der Waals surface area contributed by atoms with Crippen LogP contribution in [-0.4, -0.2) is 64.7 Å². The van der Waals surface area contributed by atoms with Crippen LogP contribution >= 0.6 is 11.8 Å².